The van der Waals surface area contributed by atoms with Gasteiger partial charge in [-0.25, -0.2) is 0 Å². The first kappa shape index (κ1) is 16.9. The van der Waals surface area contributed by atoms with Gasteiger partial charge in [0.25, 0.3) is 5.69 Å². The van der Waals surface area contributed by atoms with Crippen LogP contribution in [0.15, 0.2) is 18.2 Å². The van der Waals surface area contributed by atoms with Crippen molar-refractivity contribution < 1.29 is 14.5 Å². The number of ether oxygens (including phenoxy) is 1. The van der Waals surface area contributed by atoms with Crippen LogP contribution < -0.4 is 15.8 Å². The molecule has 0 saturated heterocycles. The van der Waals surface area contributed by atoms with E-state index in [2.05, 4.69) is 5.32 Å². The lowest BCUT2D eigenvalue weighted by molar-refractivity contribution is -0.384. The highest BCUT2D eigenvalue weighted by Crippen LogP contribution is 2.29. The predicted octanol–water partition coefficient (Wildman–Crippen LogP) is 2.16. The first-order valence-corrected chi connectivity index (χ1v) is 6.72. The number of hydrogen-bond acceptors (Lipinski definition) is 5. The van der Waals surface area contributed by atoms with E-state index >= 15 is 0 Å². The molecule has 1 atom stereocenters. The maximum absolute atomic E-state index is 12.2. The molecule has 3 N–H and O–H groups in total. The Morgan fingerprint density at radius 1 is 1.48 bits per heavy atom. The van der Waals surface area contributed by atoms with E-state index in [0.29, 0.717) is 18.0 Å². The minimum absolute atomic E-state index is 0.0950. The fourth-order valence-corrected chi connectivity index (χ4v) is 2.01. The number of rotatable bonds is 7. The highest BCUT2D eigenvalue weighted by atomic mass is 16.6. The van der Waals surface area contributed by atoms with Crippen molar-refractivity contribution in [1.29, 1.82) is 0 Å². The van der Waals surface area contributed by atoms with E-state index in [1.54, 1.807) is 0 Å². The summed E-state index contributed by atoms with van der Waals surface area (Å²) < 4.78 is 5.08. The zero-order valence-corrected chi connectivity index (χ0v) is 12.5. The Morgan fingerprint density at radius 3 is 2.62 bits per heavy atom. The first-order chi connectivity index (χ1) is 9.88. The highest BCUT2D eigenvalue weighted by molar-refractivity contribution is 5.94. The Hall–Kier alpha value is -2.15. The van der Waals surface area contributed by atoms with Crippen molar-refractivity contribution in [3.05, 3.63) is 28.3 Å². The SMILES string of the molecule is COc1cc([N+](=O)[O-])ccc1NC(=O)C(CN)CC(C)C. The van der Waals surface area contributed by atoms with Crippen LogP contribution in [0.3, 0.4) is 0 Å². The Balaban J connectivity index is 2.91. The molecule has 0 heterocycles. The quantitative estimate of drug-likeness (QED) is 0.592. The molecule has 0 saturated carbocycles. The molecule has 1 amide bonds. The molecule has 1 aromatic rings. The van der Waals surface area contributed by atoms with Crippen LogP contribution in [0.2, 0.25) is 0 Å². The summed E-state index contributed by atoms with van der Waals surface area (Å²) in [5, 5.41) is 13.4. The number of carbonyl (C=O) groups is 1. The average molecular weight is 295 g/mol. The number of hydrogen-bond donors (Lipinski definition) is 2. The van der Waals surface area contributed by atoms with Crippen LogP contribution in [0, 0.1) is 22.0 Å². The lowest BCUT2D eigenvalue weighted by atomic mass is 9.96. The lowest BCUT2D eigenvalue weighted by Crippen LogP contribution is -2.30. The molecular weight excluding hydrogens is 274 g/mol. The summed E-state index contributed by atoms with van der Waals surface area (Å²) in [7, 11) is 1.39. The summed E-state index contributed by atoms with van der Waals surface area (Å²) in [6, 6.07) is 4.05. The van der Waals surface area contributed by atoms with Gasteiger partial charge in [0.2, 0.25) is 5.91 Å². The Kier molecular flexibility index (Phi) is 6.10. The summed E-state index contributed by atoms with van der Waals surface area (Å²) in [5.74, 6) is 0.0872. The molecule has 0 aromatic heterocycles. The third kappa shape index (κ3) is 4.71. The van der Waals surface area contributed by atoms with Crippen LogP contribution >= 0.6 is 0 Å². The number of non-ortho nitro benzene ring substituents is 1. The number of nitrogens with zero attached hydrogens (tertiary/aromatic N) is 1. The summed E-state index contributed by atoms with van der Waals surface area (Å²) >= 11 is 0. The predicted molar refractivity (Wildman–Crippen MR) is 80.3 cm³/mol. The first-order valence-electron chi connectivity index (χ1n) is 6.72. The summed E-state index contributed by atoms with van der Waals surface area (Å²) in [5.41, 5.74) is 5.93. The van der Waals surface area contributed by atoms with Gasteiger partial charge in [-0.3, -0.25) is 14.9 Å². The van der Waals surface area contributed by atoms with Crippen molar-refractivity contribution in [3.63, 3.8) is 0 Å². The molecular formula is C14H21N3O4. The number of benzene rings is 1. The number of amides is 1. The maximum Gasteiger partial charge on any atom is 0.273 e. The van der Waals surface area contributed by atoms with Crippen molar-refractivity contribution in [1.82, 2.24) is 0 Å². The van der Waals surface area contributed by atoms with Crippen LogP contribution in [-0.4, -0.2) is 24.5 Å². The van der Waals surface area contributed by atoms with Gasteiger partial charge >= 0.3 is 0 Å². The summed E-state index contributed by atoms with van der Waals surface area (Å²) in [6.07, 6.45) is 0.678. The van der Waals surface area contributed by atoms with Gasteiger partial charge in [0.1, 0.15) is 5.75 Å². The van der Waals surface area contributed by atoms with Gasteiger partial charge in [-0.2, -0.15) is 0 Å². The zero-order valence-electron chi connectivity index (χ0n) is 12.5. The third-order valence-corrected chi connectivity index (χ3v) is 3.07. The molecule has 0 bridgehead atoms. The largest absolute Gasteiger partial charge is 0.494 e. The van der Waals surface area contributed by atoms with Crippen LogP contribution in [0.1, 0.15) is 20.3 Å². The maximum atomic E-state index is 12.2. The third-order valence-electron chi connectivity index (χ3n) is 3.07. The fraction of sp³-hybridized carbons (Fsp3) is 0.500. The topological polar surface area (TPSA) is 107 Å². The molecule has 0 spiro atoms. The number of carbonyl (C=O) groups excluding carboxylic acids is 1. The Labute approximate surface area is 123 Å². The van der Waals surface area contributed by atoms with Crippen LogP contribution in [-0.2, 0) is 4.79 Å². The molecule has 21 heavy (non-hydrogen) atoms. The van der Waals surface area contributed by atoms with Crippen LogP contribution in [0.5, 0.6) is 5.75 Å². The summed E-state index contributed by atoms with van der Waals surface area (Å²) in [4.78, 5) is 22.4. The lowest BCUT2D eigenvalue weighted by Gasteiger charge is -2.17. The van der Waals surface area contributed by atoms with Gasteiger partial charge in [-0.05, 0) is 18.4 Å². The van der Waals surface area contributed by atoms with E-state index < -0.39 is 4.92 Å². The average Bonchev–Trinajstić information content (AvgIpc) is 2.44. The van der Waals surface area contributed by atoms with Gasteiger partial charge in [0.05, 0.1) is 29.7 Å². The highest BCUT2D eigenvalue weighted by Gasteiger charge is 2.20. The monoisotopic (exact) mass is 295 g/mol. The van der Waals surface area contributed by atoms with Gasteiger partial charge in [-0.15, -0.1) is 0 Å². The van der Waals surface area contributed by atoms with Crippen molar-refractivity contribution >= 4 is 17.3 Å². The standard InChI is InChI=1S/C14H21N3O4/c1-9(2)6-10(8-15)14(18)16-12-5-4-11(17(19)20)7-13(12)21-3/h4-5,7,9-10H,6,8,15H2,1-3H3,(H,16,18). The number of nitro groups is 1. The van der Waals surface area contributed by atoms with Gasteiger partial charge in [-0.1, -0.05) is 13.8 Å². The summed E-state index contributed by atoms with van der Waals surface area (Å²) in [6.45, 7) is 4.28. The second-order valence-electron chi connectivity index (χ2n) is 5.19. The molecule has 116 valence electrons. The molecule has 0 radical (unpaired) electrons. The Bertz CT molecular complexity index is 517. The van der Waals surface area contributed by atoms with E-state index in [0.717, 1.165) is 0 Å². The van der Waals surface area contributed by atoms with E-state index in [1.165, 1.54) is 25.3 Å². The smallest absolute Gasteiger partial charge is 0.273 e. The zero-order chi connectivity index (χ0) is 16.0. The van der Waals surface area contributed by atoms with Crippen LogP contribution in [0.4, 0.5) is 11.4 Å². The molecule has 0 aliphatic heterocycles. The number of nitro benzene ring substituents is 1. The molecule has 1 unspecified atom stereocenters. The van der Waals surface area contributed by atoms with E-state index in [4.69, 9.17) is 10.5 Å². The van der Waals surface area contributed by atoms with Gasteiger partial charge in [0, 0.05) is 12.6 Å². The van der Waals surface area contributed by atoms with E-state index in [1.807, 2.05) is 13.8 Å². The second kappa shape index (κ2) is 7.58. The molecule has 0 aliphatic rings. The van der Waals surface area contributed by atoms with Crippen LogP contribution in [0.25, 0.3) is 0 Å². The number of nitrogens with two attached hydrogens (primary N) is 1. The fourth-order valence-electron chi connectivity index (χ4n) is 2.01. The van der Waals surface area contributed by atoms with Crippen molar-refractivity contribution in [2.75, 3.05) is 19.0 Å². The van der Waals surface area contributed by atoms with E-state index in [-0.39, 0.29) is 29.8 Å². The minimum atomic E-state index is -0.518. The van der Waals surface area contributed by atoms with Crippen molar-refractivity contribution in [2.45, 2.75) is 20.3 Å². The van der Waals surface area contributed by atoms with Crippen molar-refractivity contribution in [3.8, 4) is 5.75 Å². The second-order valence-corrected chi connectivity index (χ2v) is 5.19. The number of anilines is 1. The number of methoxy groups -OCH3 is 1. The van der Waals surface area contributed by atoms with Gasteiger partial charge in [0.15, 0.2) is 0 Å². The molecule has 0 aliphatic carbocycles. The van der Waals surface area contributed by atoms with Gasteiger partial charge < -0.3 is 15.8 Å². The molecule has 7 heteroatoms. The van der Waals surface area contributed by atoms with Crippen molar-refractivity contribution in [2.24, 2.45) is 17.6 Å². The molecule has 1 rings (SSSR count). The number of nitrogens with one attached hydrogen (secondary N) is 1. The molecule has 0 fully saturated rings. The minimum Gasteiger partial charge on any atom is -0.494 e. The Morgan fingerprint density at radius 2 is 2.14 bits per heavy atom. The normalized spacial score (nSPS) is 12.0. The van der Waals surface area contributed by atoms with E-state index in [9.17, 15) is 14.9 Å². The molecule has 7 nitrogen and oxygen atoms in total. The molecule has 1 aromatic carbocycles.